The van der Waals surface area contributed by atoms with Crippen molar-refractivity contribution in [3.63, 3.8) is 0 Å². The van der Waals surface area contributed by atoms with E-state index in [1.165, 1.54) is 25.3 Å². The van der Waals surface area contributed by atoms with Gasteiger partial charge in [0.2, 0.25) is 0 Å². The van der Waals surface area contributed by atoms with E-state index in [9.17, 15) is 40.5 Å². The summed E-state index contributed by atoms with van der Waals surface area (Å²) in [5.74, 6) is -1.29. The zero-order chi connectivity index (χ0) is 24.0. The minimum atomic E-state index is -1.77. The minimum Gasteiger partial charge on any atom is -0.507 e. The molecule has 0 aliphatic carbocycles. The van der Waals surface area contributed by atoms with Crippen molar-refractivity contribution in [2.24, 2.45) is 0 Å². The van der Waals surface area contributed by atoms with Gasteiger partial charge in [0, 0.05) is 17.7 Å². The first-order valence-corrected chi connectivity index (χ1v) is 9.88. The molecule has 176 valence electrons. The number of rotatable bonds is 4. The van der Waals surface area contributed by atoms with E-state index < -0.39 is 54.1 Å². The number of aromatic hydroxyl groups is 3. The Morgan fingerprint density at radius 3 is 2.33 bits per heavy atom. The topological polar surface area (TPSA) is 190 Å². The monoisotopic (exact) mass is 462 g/mol. The molecule has 11 heteroatoms. The summed E-state index contributed by atoms with van der Waals surface area (Å²) in [6, 6.07) is 6.10. The number of phenols is 3. The van der Waals surface area contributed by atoms with Gasteiger partial charge in [-0.2, -0.15) is 0 Å². The summed E-state index contributed by atoms with van der Waals surface area (Å²) in [4.78, 5) is 12.9. The molecule has 5 atom stereocenters. The first-order chi connectivity index (χ1) is 15.7. The lowest BCUT2D eigenvalue weighted by molar-refractivity contribution is -0.231. The van der Waals surface area contributed by atoms with Crippen molar-refractivity contribution in [1.29, 1.82) is 0 Å². The molecule has 0 spiro atoms. The van der Waals surface area contributed by atoms with E-state index in [1.54, 1.807) is 0 Å². The van der Waals surface area contributed by atoms with E-state index in [0.29, 0.717) is 5.56 Å². The minimum absolute atomic E-state index is 0.0263. The molecule has 7 N–H and O–H groups in total. The third-order valence-corrected chi connectivity index (χ3v) is 5.64. The number of hydrogen-bond acceptors (Lipinski definition) is 11. The lowest BCUT2D eigenvalue weighted by Gasteiger charge is -2.40. The highest BCUT2D eigenvalue weighted by Gasteiger charge is 2.46. The van der Waals surface area contributed by atoms with Gasteiger partial charge in [-0.3, -0.25) is 4.79 Å². The normalized spacial score (nSPS) is 25.3. The second-order valence-electron chi connectivity index (χ2n) is 7.64. The van der Waals surface area contributed by atoms with Crippen molar-refractivity contribution in [2.45, 2.75) is 30.5 Å². The summed E-state index contributed by atoms with van der Waals surface area (Å²) in [6.45, 7) is -0.708. The number of hydrogen-bond donors (Lipinski definition) is 7. The van der Waals surface area contributed by atoms with Crippen LogP contribution in [0, 0.1) is 0 Å². The maximum Gasteiger partial charge on any atom is 0.197 e. The van der Waals surface area contributed by atoms with Crippen molar-refractivity contribution >= 4 is 11.0 Å². The van der Waals surface area contributed by atoms with Gasteiger partial charge >= 0.3 is 0 Å². The van der Waals surface area contributed by atoms with Crippen LogP contribution in [0.15, 0.2) is 39.5 Å². The average molecular weight is 462 g/mol. The van der Waals surface area contributed by atoms with Gasteiger partial charge < -0.3 is 49.6 Å². The standard InChI is InChI=1S/C22H22O11/c1-31-14-4-8(2-3-9(14)24)13-6-12(27)16-10(25)5-11(26)17(21(16)32-13)22-20(30)19(29)18(28)15(7-23)33-22/h2-6,15,18-20,22-26,28-30H,7H2,1H3/t15-,18-,19-,20-,22-/m1/s1. The average Bonchev–Trinajstić information content (AvgIpc) is 2.78. The van der Waals surface area contributed by atoms with Crippen molar-refractivity contribution in [3.05, 3.63) is 46.1 Å². The largest absolute Gasteiger partial charge is 0.507 e. The second-order valence-corrected chi connectivity index (χ2v) is 7.64. The third kappa shape index (κ3) is 3.75. The van der Waals surface area contributed by atoms with Crippen molar-refractivity contribution in [1.82, 2.24) is 0 Å². The Labute approximate surface area is 185 Å². The molecule has 2 heterocycles. The lowest BCUT2D eigenvalue weighted by atomic mass is 9.89. The molecule has 1 aliphatic heterocycles. The molecule has 33 heavy (non-hydrogen) atoms. The number of methoxy groups -OCH3 is 1. The molecule has 1 fully saturated rings. The molecule has 3 aromatic rings. The molecular weight excluding hydrogens is 440 g/mol. The Kier molecular flexibility index (Phi) is 5.91. The van der Waals surface area contributed by atoms with Gasteiger partial charge in [-0.1, -0.05) is 0 Å². The van der Waals surface area contributed by atoms with Gasteiger partial charge in [0.25, 0.3) is 0 Å². The fourth-order valence-corrected chi connectivity index (χ4v) is 3.91. The summed E-state index contributed by atoms with van der Waals surface area (Å²) in [7, 11) is 1.34. The maximum absolute atomic E-state index is 12.9. The summed E-state index contributed by atoms with van der Waals surface area (Å²) in [5.41, 5.74) is -0.997. The Morgan fingerprint density at radius 1 is 0.939 bits per heavy atom. The quantitative estimate of drug-likeness (QED) is 0.278. The van der Waals surface area contributed by atoms with Crippen LogP contribution in [0.2, 0.25) is 0 Å². The van der Waals surface area contributed by atoms with Crippen LogP contribution in [-0.4, -0.2) is 73.9 Å². The highest BCUT2D eigenvalue weighted by atomic mass is 16.5. The van der Waals surface area contributed by atoms with Crippen LogP contribution in [0.4, 0.5) is 0 Å². The van der Waals surface area contributed by atoms with E-state index in [0.717, 1.165) is 12.1 Å². The molecule has 1 aliphatic rings. The fourth-order valence-electron chi connectivity index (χ4n) is 3.91. The number of aliphatic hydroxyl groups is 4. The number of aliphatic hydroxyl groups excluding tert-OH is 4. The second kappa shape index (κ2) is 8.54. The lowest BCUT2D eigenvalue weighted by Crippen LogP contribution is -2.55. The predicted octanol–water partition coefficient (Wildman–Crippen LogP) is 0.100. The van der Waals surface area contributed by atoms with E-state index >= 15 is 0 Å². The van der Waals surface area contributed by atoms with Crippen LogP contribution in [-0.2, 0) is 4.74 Å². The summed E-state index contributed by atoms with van der Waals surface area (Å²) >= 11 is 0. The molecule has 1 saturated heterocycles. The molecule has 0 amide bonds. The third-order valence-electron chi connectivity index (χ3n) is 5.64. The van der Waals surface area contributed by atoms with Crippen LogP contribution >= 0.6 is 0 Å². The molecule has 0 bridgehead atoms. The Morgan fingerprint density at radius 2 is 1.67 bits per heavy atom. The first kappa shape index (κ1) is 22.8. The van der Waals surface area contributed by atoms with Crippen LogP contribution in [0.1, 0.15) is 11.7 Å². The van der Waals surface area contributed by atoms with Crippen LogP contribution < -0.4 is 10.2 Å². The SMILES string of the molecule is COc1cc(-c2cc(=O)c3c(O)cc(O)c([C@H]4O[C@H](CO)[C@@H](O)[C@@H](O)[C@H]4O)c3o2)ccc1O. The van der Waals surface area contributed by atoms with E-state index in [4.69, 9.17) is 13.9 Å². The van der Waals surface area contributed by atoms with Crippen LogP contribution in [0.3, 0.4) is 0 Å². The molecule has 0 radical (unpaired) electrons. The van der Waals surface area contributed by atoms with Gasteiger partial charge in [-0.15, -0.1) is 0 Å². The number of phenolic OH excluding ortho intramolecular Hbond substituents is 3. The Hall–Kier alpha value is -3.35. The molecule has 11 nitrogen and oxygen atoms in total. The highest BCUT2D eigenvalue weighted by Crippen LogP contribution is 2.44. The summed E-state index contributed by atoms with van der Waals surface area (Å²) < 4.78 is 16.4. The van der Waals surface area contributed by atoms with E-state index in [2.05, 4.69) is 0 Å². The summed E-state index contributed by atoms with van der Waals surface area (Å²) in [5, 5.41) is 70.6. The number of benzene rings is 2. The van der Waals surface area contributed by atoms with E-state index in [1.807, 2.05) is 0 Å². The van der Waals surface area contributed by atoms with E-state index in [-0.39, 0.29) is 33.8 Å². The molecular formula is C22H22O11. The van der Waals surface area contributed by atoms with Gasteiger partial charge in [0.05, 0.1) is 19.3 Å². The van der Waals surface area contributed by atoms with Crippen LogP contribution in [0.5, 0.6) is 23.0 Å². The van der Waals surface area contributed by atoms with Crippen molar-refractivity contribution in [3.8, 4) is 34.3 Å². The predicted molar refractivity (Wildman–Crippen MR) is 112 cm³/mol. The van der Waals surface area contributed by atoms with Crippen molar-refractivity contribution < 1.29 is 49.6 Å². The van der Waals surface area contributed by atoms with Crippen molar-refractivity contribution in [2.75, 3.05) is 13.7 Å². The molecule has 0 unspecified atom stereocenters. The van der Waals surface area contributed by atoms with Crippen LogP contribution in [0.25, 0.3) is 22.3 Å². The van der Waals surface area contributed by atoms with Gasteiger partial charge in [0.1, 0.15) is 53.2 Å². The van der Waals surface area contributed by atoms with Gasteiger partial charge in [-0.05, 0) is 18.2 Å². The zero-order valence-corrected chi connectivity index (χ0v) is 17.2. The number of fused-ring (bicyclic) bond motifs is 1. The maximum atomic E-state index is 12.9. The molecule has 2 aromatic carbocycles. The summed E-state index contributed by atoms with van der Waals surface area (Å²) in [6.07, 6.45) is -7.98. The highest BCUT2D eigenvalue weighted by molar-refractivity contribution is 5.89. The number of ether oxygens (including phenoxy) is 2. The fraction of sp³-hybridized carbons (Fsp3) is 0.318. The van der Waals surface area contributed by atoms with Gasteiger partial charge in [-0.25, -0.2) is 0 Å². The first-order valence-electron chi connectivity index (χ1n) is 9.88. The molecule has 0 saturated carbocycles. The Bertz CT molecular complexity index is 1250. The smallest absolute Gasteiger partial charge is 0.197 e. The Balaban J connectivity index is 1.97. The molecule has 4 rings (SSSR count). The molecule has 1 aromatic heterocycles. The zero-order valence-electron chi connectivity index (χ0n) is 17.2. The van der Waals surface area contributed by atoms with Gasteiger partial charge in [0.15, 0.2) is 22.5 Å².